The van der Waals surface area contributed by atoms with Gasteiger partial charge < -0.3 is 20.3 Å². The Balaban J connectivity index is 1.93. The zero-order valence-electron chi connectivity index (χ0n) is 22.7. The van der Waals surface area contributed by atoms with Crippen molar-refractivity contribution in [2.24, 2.45) is 0 Å². The maximum Gasteiger partial charge on any atom is 0.412 e. The molecule has 0 aliphatic rings. The molecule has 1 heterocycles. The van der Waals surface area contributed by atoms with Crippen LogP contribution in [0.15, 0.2) is 42.6 Å². The first kappa shape index (κ1) is 29.8. The molecule has 0 radical (unpaired) electrons. The van der Waals surface area contributed by atoms with Crippen LogP contribution >= 0.6 is 0 Å². The van der Waals surface area contributed by atoms with Gasteiger partial charge in [0.15, 0.2) is 0 Å². The highest BCUT2D eigenvalue weighted by atomic mass is 16.6. The van der Waals surface area contributed by atoms with Crippen LogP contribution in [0.2, 0.25) is 0 Å². The molecule has 0 unspecified atom stereocenters. The summed E-state index contributed by atoms with van der Waals surface area (Å²) in [6, 6.07) is 9.88. The number of hydrogen-bond donors (Lipinski definition) is 3. The number of benzene rings is 1. The number of ether oxygens (including phenoxy) is 1. The van der Waals surface area contributed by atoms with E-state index in [1.807, 2.05) is 0 Å². The molecule has 1 aromatic carbocycles. The number of nitrogens with zero attached hydrogens (tertiary/aromatic N) is 2. The fourth-order valence-corrected chi connectivity index (χ4v) is 3.49. The molecule has 0 aliphatic heterocycles. The molecule has 2 rings (SSSR count). The Kier molecular flexibility index (Phi) is 12.0. The van der Waals surface area contributed by atoms with Crippen LogP contribution < -0.4 is 16.0 Å². The molecule has 202 valence electrons. The third kappa shape index (κ3) is 11.0. The SMILES string of the molecule is CCCCN(CCCC)CCNC(=O)c1ccc(C(=O)Nc2ccccc2NC(=O)OC(C)(C)C)nc1. The second-order valence-corrected chi connectivity index (χ2v) is 9.86. The van der Waals surface area contributed by atoms with Crippen molar-refractivity contribution in [3.05, 3.63) is 53.9 Å². The topological polar surface area (TPSA) is 113 Å². The van der Waals surface area contributed by atoms with E-state index in [0.29, 0.717) is 23.5 Å². The van der Waals surface area contributed by atoms with E-state index in [0.717, 1.165) is 45.3 Å². The van der Waals surface area contributed by atoms with Crippen molar-refractivity contribution in [3.63, 3.8) is 0 Å². The van der Waals surface area contributed by atoms with Crippen LogP contribution in [0, 0.1) is 0 Å². The fraction of sp³-hybridized carbons (Fsp3) is 0.500. The van der Waals surface area contributed by atoms with Gasteiger partial charge in [0, 0.05) is 19.3 Å². The van der Waals surface area contributed by atoms with Gasteiger partial charge in [-0.25, -0.2) is 4.79 Å². The molecule has 0 aliphatic carbocycles. The Labute approximate surface area is 220 Å². The number of rotatable bonds is 13. The molecule has 0 saturated heterocycles. The lowest BCUT2D eigenvalue weighted by Gasteiger charge is -2.22. The lowest BCUT2D eigenvalue weighted by molar-refractivity contribution is 0.0635. The van der Waals surface area contributed by atoms with Gasteiger partial charge in [0.25, 0.3) is 11.8 Å². The summed E-state index contributed by atoms with van der Waals surface area (Å²) in [6.07, 6.45) is 5.35. The van der Waals surface area contributed by atoms with E-state index >= 15 is 0 Å². The molecule has 0 atom stereocenters. The van der Waals surface area contributed by atoms with Gasteiger partial charge in [0.2, 0.25) is 0 Å². The van der Waals surface area contributed by atoms with E-state index in [1.165, 1.54) is 12.3 Å². The van der Waals surface area contributed by atoms with E-state index in [-0.39, 0.29) is 11.6 Å². The van der Waals surface area contributed by atoms with Gasteiger partial charge in [-0.05, 0) is 71.0 Å². The number of carbonyl (C=O) groups is 3. The van der Waals surface area contributed by atoms with E-state index in [4.69, 9.17) is 4.74 Å². The molecule has 1 aromatic heterocycles. The Bertz CT molecular complexity index is 1010. The molecular formula is C28H41N5O4. The maximum atomic E-state index is 12.8. The van der Waals surface area contributed by atoms with Crippen molar-refractivity contribution in [2.45, 2.75) is 65.9 Å². The largest absolute Gasteiger partial charge is 0.444 e. The second kappa shape index (κ2) is 14.9. The molecule has 0 saturated carbocycles. The second-order valence-electron chi connectivity index (χ2n) is 9.86. The van der Waals surface area contributed by atoms with E-state index in [1.54, 1.807) is 51.1 Å². The third-order valence-electron chi connectivity index (χ3n) is 5.44. The van der Waals surface area contributed by atoms with Gasteiger partial charge >= 0.3 is 6.09 Å². The van der Waals surface area contributed by atoms with Gasteiger partial charge in [-0.1, -0.05) is 38.8 Å². The predicted octanol–water partition coefficient (Wildman–Crippen LogP) is 5.31. The van der Waals surface area contributed by atoms with Crippen LogP contribution in [0.1, 0.15) is 81.1 Å². The summed E-state index contributed by atoms with van der Waals surface area (Å²) in [4.78, 5) is 44.0. The van der Waals surface area contributed by atoms with Crippen molar-refractivity contribution >= 4 is 29.3 Å². The number of unbranched alkanes of at least 4 members (excludes halogenated alkanes) is 2. The van der Waals surface area contributed by atoms with Crippen molar-refractivity contribution in [1.29, 1.82) is 0 Å². The molecule has 0 fully saturated rings. The highest BCUT2D eigenvalue weighted by Gasteiger charge is 2.18. The van der Waals surface area contributed by atoms with Crippen molar-refractivity contribution in [1.82, 2.24) is 15.2 Å². The average Bonchev–Trinajstić information content (AvgIpc) is 2.85. The highest BCUT2D eigenvalue weighted by molar-refractivity contribution is 6.06. The summed E-state index contributed by atoms with van der Waals surface area (Å²) in [5.74, 6) is -0.690. The number of pyridine rings is 1. The van der Waals surface area contributed by atoms with Crippen LogP contribution in [-0.2, 0) is 4.74 Å². The number of nitrogens with one attached hydrogen (secondary N) is 3. The van der Waals surface area contributed by atoms with E-state index < -0.39 is 17.6 Å². The number of hydrogen-bond acceptors (Lipinski definition) is 6. The summed E-state index contributed by atoms with van der Waals surface area (Å²) in [7, 11) is 0. The Morgan fingerprint density at radius 2 is 1.49 bits per heavy atom. The summed E-state index contributed by atoms with van der Waals surface area (Å²) in [5, 5.41) is 8.33. The summed E-state index contributed by atoms with van der Waals surface area (Å²) >= 11 is 0. The van der Waals surface area contributed by atoms with Gasteiger partial charge in [0.1, 0.15) is 11.3 Å². The van der Waals surface area contributed by atoms with E-state index in [9.17, 15) is 14.4 Å². The Morgan fingerprint density at radius 1 is 0.865 bits per heavy atom. The van der Waals surface area contributed by atoms with Gasteiger partial charge in [0.05, 0.1) is 16.9 Å². The molecule has 2 aromatic rings. The number of amides is 3. The van der Waals surface area contributed by atoms with Crippen LogP contribution in [0.4, 0.5) is 16.2 Å². The molecule has 3 amide bonds. The van der Waals surface area contributed by atoms with Crippen LogP contribution in [0.25, 0.3) is 0 Å². The zero-order chi connectivity index (χ0) is 27.3. The Morgan fingerprint density at radius 3 is 2.03 bits per heavy atom. The standard InChI is InChI=1S/C28H41N5O4/c1-6-8-17-33(18-9-7-2)19-16-29-25(34)21-14-15-24(30-20-21)26(35)31-22-12-10-11-13-23(22)32-27(36)37-28(3,4)5/h10-15,20H,6-9,16-19H2,1-5H3,(H,29,34)(H,31,35)(H,32,36). The minimum absolute atomic E-state index is 0.147. The first-order valence-corrected chi connectivity index (χ1v) is 13.0. The number of anilines is 2. The maximum absolute atomic E-state index is 12.8. The molecular weight excluding hydrogens is 470 g/mol. The van der Waals surface area contributed by atoms with Crippen molar-refractivity contribution in [2.75, 3.05) is 36.8 Å². The fourth-order valence-electron chi connectivity index (χ4n) is 3.49. The Hall–Kier alpha value is -3.46. The number of aromatic nitrogens is 1. The number of para-hydroxylation sites is 2. The average molecular weight is 512 g/mol. The minimum Gasteiger partial charge on any atom is -0.444 e. The molecule has 0 bridgehead atoms. The quantitative estimate of drug-likeness (QED) is 0.336. The smallest absolute Gasteiger partial charge is 0.412 e. The van der Waals surface area contributed by atoms with Gasteiger partial charge in [-0.15, -0.1) is 0 Å². The molecule has 9 nitrogen and oxygen atoms in total. The summed E-state index contributed by atoms with van der Waals surface area (Å²) in [6.45, 7) is 13.1. The number of carbonyl (C=O) groups excluding carboxylic acids is 3. The van der Waals surface area contributed by atoms with Crippen molar-refractivity contribution < 1.29 is 19.1 Å². The van der Waals surface area contributed by atoms with Crippen LogP contribution in [-0.4, -0.2) is 59.6 Å². The minimum atomic E-state index is -0.649. The lowest BCUT2D eigenvalue weighted by Crippen LogP contribution is -2.36. The monoisotopic (exact) mass is 511 g/mol. The first-order valence-electron chi connectivity index (χ1n) is 13.0. The molecule has 37 heavy (non-hydrogen) atoms. The zero-order valence-corrected chi connectivity index (χ0v) is 22.7. The molecule has 0 spiro atoms. The summed E-state index contributed by atoms with van der Waals surface area (Å²) < 4.78 is 5.28. The lowest BCUT2D eigenvalue weighted by atomic mass is 10.2. The third-order valence-corrected chi connectivity index (χ3v) is 5.44. The first-order chi connectivity index (χ1) is 17.6. The van der Waals surface area contributed by atoms with E-state index in [2.05, 4.69) is 39.7 Å². The van der Waals surface area contributed by atoms with Crippen LogP contribution in [0.3, 0.4) is 0 Å². The van der Waals surface area contributed by atoms with Crippen LogP contribution in [0.5, 0.6) is 0 Å². The highest BCUT2D eigenvalue weighted by Crippen LogP contribution is 2.22. The molecule has 9 heteroatoms. The van der Waals surface area contributed by atoms with Gasteiger partial charge in [-0.3, -0.25) is 19.9 Å². The van der Waals surface area contributed by atoms with Crippen molar-refractivity contribution in [3.8, 4) is 0 Å². The predicted molar refractivity (Wildman–Crippen MR) is 147 cm³/mol. The molecule has 3 N–H and O–H groups in total. The normalized spacial score (nSPS) is 11.2. The summed E-state index contributed by atoms with van der Waals surface area (Å²) in [5.41, 5.74) is 0.681. The van der Waals surface area contributed by atoms with Gasteiger partial charge in [-0.2, -0.15) is 0 Å².